The van der Waals surface area contributed by atoms with Gasteiger partial charge in [0.05, 0.1) is 11.1 Å². The first-order valence-corrected chi connectivity index (χ1v) is 9.22. The van der Waals surface area contributed by atoms with E-state index in [2.05, 4.69) is 28.9 Å². The van der Waals surface area contributed by atoms with Crippen LogP contribution in [0.2, 0.25) is 0 Å². The van der Waals surface area contributed by atoms with Gasteiger partial charge in [-0.25, -0.2) is 0 Å². The molecule has 3 aromatic rings. The molecule has 0 bridgehead atoms. The number of benzene rings is 2. The number of hydrogen-bond donors (Lipinski definition) is 1. The summed E-state index contributed by atoms with van der Waals surface area (Å²) in [6.45, 7) is 2.54. The lowest BCUT2D eigenvalue weighted by Crippen LogP contribution is -2.34. The molecule has 0 radical (unpaired) electrons. The maximum atomic E-state index is 12.3. The van der Waals surface area contributed by atoms with Gasteiger partial charge in [-0.3, -0.25) is 19.3 Å². The molecule has 3 amide bonds. The van der Waals surface area contributed by atoms with Crippen LogP contribution in [0.3, 0.4) is 0 Å². The van der Waals surface area contributed by atoms with Gasteiger partial charge in [0.25, 0.3) is 11.8 Å². The molecule has 2 aromatic carbocycles. The first kappa shape index (κ1) is 18.0. The minimum Gasteiger partial charge on any atom is -0.352 e. The van der Waals surface area contributed by atoms with Crippen molar-refractivity contribution in [2.45, 2.75) is 19.9 Å². The van der Waals surface area contributed by atoms with E-state index >= 15 is 0 Å². The lowest BCUT2D eigenvalue weighted by molar-refractivity contribution is -0.121. The van der Waals surface area contributed by atoms with E-state index in [1.165, 1.54) is 5.69 Å². The third-order valence-corrected chi connectivity index (χ3v) is 5.28. The summed E-state index contributed by atoms with van der Waals surface area (Å²) in [5, 5.41) is 4.00. The molecule has 4 rings (SSSR count). The Labute approximate surface area is 162 Å². The van der Waals surface area contributed by atoms with E-state index in [0.29, 0.717) is 17.7 Å². The fourth-order valence-electron chi connectivity index (χ4n) is 3.59. The van der Waals surface area contributed by atoms with Gasteiger partial charge in [0.2, 0.25) is 5.91 Å². The first-order valence-electron chi connectivity index (χ1n) is 9.22. The Kier molecular flexibility index (Phi) is 4.47. The molecule has 6 nitrogen and oxygen atoms in total. The van der Waals surface area contributed by atoms with Crippen LogP contribution in [-0.4, -0.2) is 33.7 Å². The van der Waals surface area contributed by atoms with Crippen molar-refractivity contribution in [2.24, 2.45) is 7.05 Å². The Morgan fingerprint density at radius 3 is 2.36 bits per heavy atom. The average Bonchev–Trinajstić information content (AvgIpc) is 3.12. The summed E-state index contributed by atoms with van der Waals surface area (Å²) in [5.74, 6) is -0.863. The highest BCUT2D eigenvalue weighted by Gasteiger charge is 2.34. The van der Waals surface area contributed by atoms with E-state index in [1.807, 2.05) is 19.2 Å². The molecule has 1 N–H and O–H groups in total. The molecule has 28 heavy (non-hydrogen) atoms. The van der Waals surface area contributed by atoms with Gasteiger partial charge in [0, 0.05) is 43.2 Å². The summed E-state index contributed by atoms with van der Waals surface area (Å²) < 4.78 is 2.12. The molecule has 6 heteroatoms. The number of hydrogen-bond acceptors (Lipinski definition) is 3. The zero-order valence-corrected chi connectivity index (χ0v) is 15.9. The van der Waals surface area contributed by atoms with Gasteiger partial charge in [0.1, 0.15) is 0 Å². The minimum atomic E-state index is -0.335. The summed E-state index contributed by atoms with van der Waals surface area (Å²) in [5.41, 5.74) is 4.14. The highest BCUT2D eigenvalue weighted by Crippen LogP contribution is 2.22. The molecule has 0 atom stereocenters. The molecular weight excluding hydrogens is 354 g/mol. The van der Waals surface area contributed by atoms with Crippen molar-refractivity contribution >= 4 is 28.6 Å². The summed E-state index contributed by atoms with van der Waals surface area (Å²) in [4.78, 5) is 38.0. The topological polar surface area (TPSA) is 71.4 Å². The van der Waals surface area contributed by atoms with Crippen LogP contribution in [-0.2, 0) is 18.4 Å². The predicted octanol–water partition coefficient (Wildman–Crippen LogP) is 2.79. The average molecular weight is 375 g/mol. The van der Waals surface area contributed by atoms with E-state index in [1.54, 1.807) is 24.3 Å². The Hall–Kier alpha value is -3.41. The molecule has 1 aliphatic heterocycles. The van der Waals surface area contributed by atoms with Crippen LogP contribution < -0.4 is 5.32 Å². The fraction of sp³-hybridized carbons (Fsp3) is 0.227. The largest absolute Gasteiger partial charge is 0.352 e. The van der Waals surface area contributed by atoms with Gasteiger partial charge in [-0.15, -0.1) is 0 Å². The normalized spacial score (nSPS) is 13.3. The fourth-order valence-corrected chi connectivity index (χ4v) is 3.59. The van der Waals surface area contributed by atoms with Crippen LogP contribution in [0.15, 0.2) is 48.5 Å². The lowest BCUT2D eigenvalue weighted by atomic mass is 10.1. The summed E-state index contributed by atoms with van der Waals surface area (Å²) in [7, 11) is 2.03. The third kappa shape index (κ3) is 3.07. The molecule has 0 aliphatic carbocycles. The third-order valence-electron chi connectivity index (χ3n) is 5.28. The second kappa shape index (κ2) is 6.96. The molecule has 2 heterocycles. The van der Waals surface area contributed by atoms with E-state index in [-0.39, 0.29) is 30.7 Å². The molecule has 1 aliphatic rings. The van der Waals surface area contributed by atoms with E-state index < -0.39 is 0 Å². The highest BCUT2D eigenvalue weighted by molar-refractivity contribution is 6.21. The van der Waals surface area contributed by atoms with E-state index in [4.69, 9.17) is 0 Å². The molecule has 0 saturated heterocycles. The van der Waals surface area contributed by atoms with Crippen LogP contribution in [0.25, 0.3) is 10.9 Å². The van der Waals surface area contributed by atoms with Gasteiger partial charge in [-0.05, 0) is 42.8 Å². The Balaban J connectivity index is 1.34. The number of fused-ring (bicyclic) bond motifs is 2. The maximum absolute atomic E-state index is 12.3. The van der Waals surface area contributed by atoms with Crippen molar-refractivity contribution in [3.63, 3.8) is 0 Å². The zero-order valence-electron chi connectivity index (χ0n) is 15.9. The SMILES string of the molecule is Cc1cc2cc(CNC(=O)CCN3C(=O)c4ccccc4C3=O)ccc2n1C. The van der Waals surface area contributed by atoms with Crippen LogP contribution in [0, 0.1) is 6.92 Å². The Bertz CT molecular complexity index is 1080. The summed E-state index contributed by atoms with van der Waals surface area (Å²) in [6, 6.07) is 14.9. The van der Waals surface area contributed by atoms with Crippen LogP contribution >= 0.6 is 0 Å². The van der Waals surface area contributed by atoms with Gasteiger partial charge < -0.3 is 9.88 Å². The number of aromatic nitrogens is 1. The number of imide groups is 1. The quantitative estimate of drug-likeness (QED) is 0.697. The Morgan fingerprint density at radius 2 is 1.68 bits per heavy atom. The Morgan fingerprint density at radius 1 is 1.00 bits per heavy atom. The van der Waals surface area contributed by atoms with Crippen LogP contribution in [0.1, 0.15) is 38.4 Å². The second-order valence-electron chi connectivity index (χ2n) is 7.07. The standard InChI is InChI=1S/C22H21N3O3/c1-14-11-16-12-15(7-8-19(16)24(14)2)13-23-20(26)9-10-25-21(27)17-5-3-4-6-18(17)22(25)28/h3-8,11-12H,9-10,13H2,1-2H3,(H,23,26). The van der Waals surface area contributed by atoms with Crippen molar-refractivity contribution in [1.82, 2.24) is 14.8 Å². The number of rotatable bonds is 5. The molecule has 0 fully saturated rings. The number of aryl methyl sites for hydroxylation is 2. The van der Waals surface area contributed by atoms with Gasteiger partial charge in [0.15, 0.2) is 0 Å². The van der Waals surface area contributed by atoms with Crippen molar-refractivity contribution in [3.8, 4) is 0 Å². The van der Waals surface area contributed by atoms with Crippen LogP contribution in [0.4, 0.5) is 0 Å². The smallest absolute Gasteiger partial charge is 0.261 e. The second-order valence-corrected chi connectivity index (χ2v) is 7.07. The van der Waals surface area contributed by atoms with Gasteiger partial charge >= 0.3 is 0 Å². The lowest BCUT2D eigenvalue weighted by Gasteiger charge is -2.13. The zero-order chi connectivity index (χ0) is 19.8. The number of amides is 3. The number of nitrogens with one attached hydrogen (secondary N) is 1. The van der Waals surface area contributed by atoms with Crippen LogP contribution in [0.5, 0.6) is 0 Å². The van der Waals surface area contributed by atoms with Gasteiger partial charge in [-0.1, -0.05) is 18.2 Å². The monoisotopic (exact) mass is 375 g/mol. The van der Waals surface area contributed by atoms with Crippen molar-refractivity contribution in [1.29, 1.82) is 0 Å². The van der Waals surface area contributed by atoms with Crippen molar-refractivity contribution in [3.05, 3.63) is 70.9 Å². The molecule has 142 valence electrons. The highest BCUT2D eigenvalue weighted by atomic mass is 16.2. The number of carbonyl (C=O) groups is 3. The molecule has 0 unspecified atom stereocenters. The number of nitrogens with zero attached hydrogens (tertiary/aromatic N) is 2. The number of carbonyl (C=O) groups excluding carboxylic acids is 3. The van der Waals surface area contributed by atoms with Crippen molar-refractivity contribution in [2.75, 3.05) is 6.54 Å². The van der Waals surface area contributed by atoms with E-state index in [0.717, 1.165) is 21.4 Å². The summed E-state index contributed by atoms with van der Waals surface area (Å²) >= 11 is 0. The first-order chi connectivity index (χ1) is 13.5. The predicted molar refractivity (Wildman–Crippen MR) is 106 cm³/mol. The molecule has 0 spiro atoms. The van der Waals surface area contributed by atoms with Gasteiger partial charge in [-0.2, -0.15) is 0 Å². The minimum absolute atomic E-state index is 0.0785. The molecular formula is C22H21N3O3. The molecule has 1 aromatic heterocycles. The van der Waals surface area contributed by atoms with E-state index in [9.17, 15) is 14.4 Å². The van der Waals surface area contributed by atoms with Crippen molar-refractivity contribution < 1.29 is 14.4 Å². The maximum Gasteiger partial charge on any atom is 0.261 e. The summed E-state index contributed by atoms with van der Waals surface area (Å²) in [6.07, 6.45) is 0.0815. The molecule has 0 saturated carbocycles.